The van der Waals surface area contributed by atoms with E-state index in [9.17, 15) is 9.59 Å². The van der Waals surface area contributed by atoms with Crippen LogP contribution < -0.4 is 0 Å². The zero-order valence-corrected chi connectivity index (χ0v) is 15.5. The quantitative estimate of drug-likeness (QED) is 0.735. The van der Waals surface area contributed by atoms with E-state index in [4.69, 9.17) is 4.74 Å². The number of piperidine rings is 1. The molecule has 3 fully saturated rings. The van der Waals surface area contributed by atoms with Crippen LogP contribution in [0.2, 0.25) is 0 Å². The first-order valence-corrected chi connectivity index (χ1v) is 9.25. The highest BCUT2D eigenvalue weighted by atomic mass is 16.6. The minimum absolute atomic E-state index is 0.200. The molecule has 0 spiro atoms. The average Bonchev–Trinajstić information content (AvgIpc) is 2.77. The fourth-order valence-electron chi connectivity index (χ4n) is 4.56. The van der Waals surface area contributed by atoms with Gasteiger partial charge in [0.15, 0.2) is 0 Å². The summed E-state index contributed by atoms with van der Waals surface area (Å²) in [6.45, 7) is 10.7. The number of piperazine rings is 1. The molecule has 6 heteroatoms. The van der Waals surface area contributed by atoms with Crippen LogP contribution in [0.25, 0.3) is 0 Å². The molecule has 0 N–H and O–H groups in total. The Bertz CT molecular complexity index is 480. The summed E-state index contributed by atoms with van der Waals surface area (Å²) >= 11 is 0. The van der Waals surface area contributed by atoms with Gasteiger partial charge < -0.3 is 14.5 Å². The monoisotopic (exact) mass is 337 g/mol. The molecular weight excluding hydrogens is 306 g/mol. The van der Waals surface area contributed by atoms with Gasteiger partial charge in [0.25, 0.3) is 0 Å². The molecule has 0 aromatic heterocycles. The Morgan fingerprint density at radius 1 is 0.917 bits per heavy atom. The van der Waals surface area contributed by atoms with Crippen LogP contribution in [0.15, 0.2) is 0 Å². The largest absolute Gasteiger partial charge is 0.444 e. The molecule has 136 valence electrons. The zero-order chi connectivity index (χ0) is 17.5. The lowest BCUT2D eigenvalue weighted by Crippen LogP contribution is -2.57. The molecule has 24 heavy (non-hydrogen) atoms. The topological polar surface area (TPSA) is 53.1 Å². The van der Waals surface area contributed by atoms with Crippen LogP contribution in [0.4, 0.5) is 4.79 Å². The number of hydrogen-bond donors (Lipinski definition) is 0. The molecule has 2 amide bonds. The Labute approximate surface area is 145 Å². The predicted octanol–water partition coefficient (Wildman–Crippen LogP) is 2.08. The Balaban J connectivity index is 1.51. The van der Waals surface area contributed by atoms with Crippen molar-refractivity contribution >= 4 is 12.0 Å². The molecule has 3 aliphatic rings. The second kappa shape index (κ2) is 6.54. The highest BCUT2D eigenvalue weighted by molar-refractivity contribution is 5.74. The zero-order valence-electron chi connectivity index (χ0n) is 15.5. The standard InChI is InChI=1S/C18H31N3O3/c1-13(22)21-14-5-6-15(21)12-16(11-14)19-7-9-20(10-8-19)17(23)24-18(2,3)4/h14-16H,5-12H2,1-4H3. The van der Waals surface area contributed by atoms with Crippen molar-refractivity contribution in [3.05, 3.63) is 0 Å². The van der Waals surface area contributed by atoms with Gasteiger partial charge in [0, 0.05) is 51.2 Å². The van der Waals surface area contributed by atoms with E-state index in [1.807, 2.05) is 25.7 Å². The molecule has 0 aromatic rings. The van der Waals surface area contributed by atoms with E-state index in [0.29, 0.717) is 18.1 Å². The van der Waals surface area contributed by atoms with Crippen LogP contribution in [0.3, 0.4) is 0 Å². The summed E-state index contributed by atoms with van der Waals surface area (Å²) < 4.78 is 5.47. The third-order valence-electron chi connectivity index (χ3n) is 5.55. The van der Waals surface area contributed by atoms with Gasteiger partial charge in [-0.15, -0.1) is 0 Å². The SMILES string of the molecule is CC(=O)N1C2CCC1CC(N1CCN(C(=O)OC(C)(C)C)CC1)C2. The highest BCUT2D eigenvalue weighted by Gasteiger charge is 2.44. The number of rotatable bonds is 1. The van der Waals surface area contributed by atoms with Crippen molar-refractivity contribution in [1.82, 2.24) is 14.7 Å². The molecule has 0 aliphatic carbocycles. The normalized spacial score (nSPS) is 31.2. The van der Waals surface area contributed by atoms with Crippen molar-refractivity contribution < 1.29 is 14.3 Å². The maximum atomic E-state index is 12.2. The van der Waals surface area contributed by atoms with E-state index in [1.54, 1.807) is 6.92 Å². The van der Waals surface area contributed by atoms with E-state index < -0.39 is 5.60 Å². The lowest BCUT2D eigenvalue weighted by molar-refractivity contribution is -0.134. The third-order valence-corrected chi connectivity index (χ3v) is 5.55. The van der Waals surface area contributed by atoms with Gasteiger partial charge in [0.05, 0.1) is 0 Å². The van der Waals surface area contributed by atoms with Crippen LogP contribution in [0, 0.1) is 0 Å². The van der Waals surface area contributed by atoms with Gasteiger partial charge in [-0.3, -0.25) is 9.69 Å². The molecule has 3 saturated heterocycles. The Kier molecular flexibility index (Phi) is 4.78. The second-order valence-electron chi connectivity index (χ2n) is 8.44. The fraction of sp³-hybridized carbons (Fsp3) is 0.889. The first kappa shape index (κ1) is 17.5. The second-order valence-corrected chi connectivity index (χ2v) is 8.44. The van der Waals surface area contributed by atoms with Crippen LogP contribution >= 0.6 is 0 Å². The van der Waals surface area contributed by atoms with E-state index in [-0.39, 0.29) is 12.0 Å². The summed E-state index contributed by atoms with van der Waals surface area (Å²) in [7, 11) is 0. The smallest absolute Gasteiger partial charge is 0.410 e. The summed E-state index contributed by atoms with van der Waals surface area (Å²) in [4.78, 5) is 30.5. The van der Waals surface area contributed by atoms with Crippen molar-refractivity contribution in [3.8, 4) is 0 Å². The number of nitrogens with zero attached hydrogens (tertiary/aromatic N) is 3. The van der Waals surface area contributed by atoms with Gasteiger partial charge >= 0.3 is 6.09 Å². The van der Waals surface area contributed by atoms with Crippen LogP contribution in [-0.4, -0.2) is 76.6 Å². The van der Waals surface area contributed by atoms with Crippen molar-refractivity contribution in [2.45, 2.75) is 77.1 Å². The number of carbonyl (C=O) groups excluding carboxylic acids is 2. The van der Waals surface area contributed by atoms with Crippen LogP contribution in [-0.2, 0) is 9.53 Å². The molecule has 2 unspecified atom stereocenters. The number of ether oxygens (including phenoxy) is 1. The average molecular weight is 337 g/mol. The molecule has 0 saturated carbocycles. The summed E-state index contributed by atoms with van der Waals surface area (Å²) in [5.74, 6) is 0.232. The Hall–Kier alpha value is -1.30. The predicted molar refractivity (Wildman–Crippen MR) is 91.7 cm³/mol. The van der Waals surface area contributed by atoms with Gasteiger partial charge in [0.1, 0.15) is 5.60 Å². The van der Waals surface area contributed by atoms with E-state index >= 15 is 0 Å². The molecule has 0 aromatic carbocycles. The van der Waals surface area contributed by atoms with Gasteiger partial charge in [-0.25, -0.2) is 4.79 Å². The van der Waals surface area contributed by atoms with E-state index in [1.165, 1.54) is 0 Å². The van der Waals surface area contributed by atoms with Gasteiger partial charge in [-0.1, -0.05) is 0 Å². The minimum atomic E-state index is -0.438. The van der Waals surface area contributed by atoms with Crippen molar-refractivity contribution in [3.63, 3.8) is 0 Å². The van der Waals surface area contributed by atoms with Crippen LogP contribution in [0.5, 0.6) is 0 Å². The van der Waals surface area contributed by atoms with Crippen LogP contribution in [0.1, 0.15) is 53.4 Å². The van der Waals surface area contributed by atoms with Crippen molar-refractivity contribution in [1.29, 1.82) is 0 Å². The lowest BCUT2D eigenvalue weighted by Gasteiger charge is -2.45. The molecule has 6 nitrogen and oxygen atoms in total. The van der Waals surface area contributed by atoms with Gasteiger partial charge in [0.2, 0.25) is 5.91 Å². The minimum Gasteiger partial charge on any atom is -0.444 e. The Morgan fingerprint density at radius 3 is 1.92 bits per heavy atom. The summed E-state index contributed by atoms with van der Waals surface area (Å²) in [5.41, 5.74) is -0.438. The molecular formula is C18H31N3O3. The highest BCUT2D eigenvalue weighted by Crippen LogP contribution is 2.37. The summed E-state index contributed by atoms with van der Waals surface area (Å²) in [5, 5.41) is 0. The molecule has 2 atom stereocenters. The first-order valence-electron chi connectivity index (χ1n) is 9.25. The molecule has 3 heterocycles. The summed E-state index contributed by atoms with van der Waals surface area (Å²) in [6, 6.07) is 1.41. The molecule has 2 bridgehead atoms. The number of fused-ring (bicyclic) bond motifs is 2. The number of amides is 2. The Morgan fingerprint density at radius 2 is 1.46 bits per heavy atom. The van der Waals surface area contributed by atoms with Crippen molar-refractivity contribution in [2.75, 3.05) is 26.2 Å². The first-order chi connectivity index (χ1) is 11.2. The van der Waals surface area contributed by atoms with E-state index in [0.717, 1.165) is 51.9 Å². The maximum Gasteiger partial charge on any atom is 0.410 e. The third kappa shape index (κ3) is 3.68. The molecule has 3 rings (SSSR count). The van der Waals surface area contributed by atoms with Gasteiger partial charge in [-0.2, -0.15) is 0 Å². The lowest BCUT2D eigenvalue weighted by atomic mass is 9.95. The number of hydrogen-bond acceptors (Lipinski definition) is 4. The van der Waals surface area contributed by atoms with Gasteiger partial charge in [-0.05, 0) is 46.5 Å². The maximum absolute atomic E-state index is 12.2. The number of carbonyl (C=O) groups is 2. The fourth-order valence-corrected chi connectivity index (χ4v) is 4.56. The summed E-state index contributed by atoms with van der Waals surface area (Å²) in [6.07, 6.45) is 4.27. The van der Waals surface area contributed by atoms with E-state index in [2.05, 4.69) is 9.80 Å². The molecule has 3 aliphatic heterocycles. The van der Waals surface area contributed by atoms with Crippen molar-refractivity contribution in [2.24, 2.45) is 0 Å². The molecule has 0 radical (unpaired) electrons.